The van der Waals surface area contributed by atoms with E-state index in [4.69, 9.17) is 16.3 Å². The molecule has 0 aliphatic carbocycles. The number of hydrogen-bond donors (Lipinski definition) is 1. The van der Waals surface area contributed by atoms with Crippen molar-refractivity contribution in [3.8, 4) is 5.75 Å². The summed E-state index contributed by atoms with van der Waals surface area (Å²) in [6, 6.07) is 4.17. The number of rotatable bonds is 5. The number of aryl methyl sites for hydroxylation is 1. The fourth-order valence-electron chi connectivity index (χ4n) is 1.60. The summed E-state index contributed by atoms with van der Waals surface area (Å²) in [5.41, 5.74) is 0.0453. The lowest BCUT2D eigenvalue weighted by Gasteiger charge is -2.06. The molecule has 8 heteroatoms. The van der Waals surface area contributed by atoms with E-state index in [1.807, 2.05) is 6.92 Å². The summed E-state index contributed by atoms with van der Waals surface area (Å²) in [6.45, 7) is 2.57. The Morgan fingerprint density at radius 2 is 2.30 bits per heavy atom. The van der Waals surface area contributed by atoms with Crippen molar-refractivity contribution < 1.29 is 14.6 Å². The first kappa shape index (κ1) is 14.3. The minimum Gasteiger partial charge on any atom is -0.507 e. The lowest BCUT2D eigenvalue weighted by atomic mass is 10.2. The molecule has 1 N–H and O–H groups in total. The first-order valence-corrected chi connectivity index (χ1v) is 6.40. The van der Waals surface area contributed by atoms with E-state index >= 15 is 0 Å². The lowest BCUT2D eigenvalue weighted by Crippen LogP contribution is -2.11. The van der Waals surface area contributed by atoms with Crippen LogP contribution in [0.1, 0.15) is 29.5 Å². The Morgan fingerprint density at radius 3 is 3.00 bits per heavy atom. The number of aromatic hydroxyl groups is 1. The van der Waals surface area contributed by atoms with Crippen molar-refractivity contribution in [1.82, 2.24) is 20.2 Å². The van der Waals surface area contributed by atoms with Gasteiger partial charge in [0.05, 0.1) is 0 Å². The zero-order valence-electron chi connectivity index (χ0n) is 10.8. The highest BCUT2D eigenvalue weighted by molar-refractivity contribution is 6.30. The number of halogens is 1. The molecule has 0 aliphatic rings. The van der Waals surface area contributed by atoms with Crippen LogP contribution in [0, 0.1) is 0 Å². The molecule has 0 unspecified atom stereocenters. The van der Waals surface area contributed by atoms with Crippen molar-refractivity contribution in [2.75, 3.05) is 0 Å². The topological polar surface area (TPSA) is 90.1 Å². The number of phenols is 1. The Labute approximate surface area is 120 Å². The quantitative estimate of drug-likeness (QED) is 0.846. The molecule has 0 saturated carbocycles. The maximum absolute atomic E-state index is 11.8. The zero-order chi connectivity index (χ0) is 14.5. The van der Waals surface area contributed by atoms with Crippen molar-refractivity contribution in [1.29, 1.82) is 0 Å². The number of carbonyl (C=O) groups excluding carboxylic acids is 1. The number of hydrogen-bond acceptors (Lipinski definition) is 6. The fourth-order valence-corrected chi connectivity index (χ4v) is 1.76. The van der Waals surface area contributed by atoms with Gasteiger partial charge in [-0.2, -0.15) is 0 Å². The van der Waals surface area contributed by atoms with Gasteiger partial charge in [0.25, 0.3) is 0 Å². The van der Waals surface area contributed by atoms with Crippen molar-refractivity contribution in [3.63, 3.8) is 0 Å². The summed E-state index contributed by atoms with van der Waals surface area (Å²) in [6.07, 6.45) is 0.865. The number of aromatic nitrogens is 4. The van der Waals surface area contributed by atoms with E-state index in [2.05, 4.69) is 15.5 Å². The summed E-state index contributed by atoms with van der Waals surface area (Å²) in [4.78, 5) is 11.8. The number of ether oxygens (including phenoxy) is 1. The van der Waals surface area contributed by atoms with Crippen LogP contribution in [-0.2, 0) is 17.9 Å². The van der Waals surface area contributed by atoms with Gasteiger partial charge in [0.2, 0.25) is 0 Å². The standard InChI is InChI=1S/C12H13ClN4O3/c1-2-5-17-11(14-15-16-17)7-20-12(19)9-4-3-8(13)6-10(9)18/h3-4,6,18H,2,5,7H2,1H3. The Kier molecular flexibility index (Phi) is 4.52. The van der Waals surface area contributed by atoms with E-state index in [1.54, 1.807) is 4.68 Å². The predicted octanol–water partition coefficient (Wildman–Crippen LogP) is 1.80. The van der Waals surface area contributed by atoms with Crippen LogP contribution in [0.2, 0.25) is 5.02 Å². The van der Waals surface area contributed by atoms with Crippen LogP contribution in [0.5, 0.6) is 5.75 Å². The summed E-state index contributed by atoms with van der Waals surface area (Å²) in [5, 5.41) is 21.1. The Morgan fingerprint density at radius 1 is 1.50 bits per heavy atom. The van der Waals surface area contributed by atoms with E-state index < -0.39 is 5.97 Å². The molecule has 0 spiro atoms. The lowest BCUT2D eigenvalue weighted by molar-refractivity contribution is 0.0453. The van der Waals surface area contributed by atoms with Crippen LogP contribution >= 0.6 is 11.6 Å². The largest absolute Gasteiger partial charge is 0.507 e. The van der Waals surface area contributed by atoms with Crippen LogP contribution < -0.4 is 0 Å². The van der Waals surface area contributed by atoms with Gasteiger partial charge in [0.1, 0.15) is 11.3 Å². The highest BCUT2D eigenvalue weighted by Crippen LogP contribution is 2.22. The highest BCUT2D eigenvalue weighted by atomic mass is 35.5. The summed E-state index contributed by atoms with van der Waals surface area (Å²) < 4.78 is 6.64. The summed E-state index contributed by atoms with van der Waals surface area (Å²) in [7, 11) is 0. The number of nitrogens with zero attached hydrogens (tertiary/aromatic N) is 4. The van der Waals surface area contributed by atoms with Crippen LogP contribution in [0.4, 0.5) is 0 Å². The molecule has 20 heavy (non-hydrogen) atoms. The van der Waals surface area contributed by atoms with Gasteiger partial charge in [-0.05, 0) is 35.0 Å². The molecule has 1 aromatic heterocycles. The number of tetrazole rings is 1. The van der Waals surface area contributed by atoms with Crippen LogP contribution in [0.3, 0.4) is 0 Å². The minimum atomic E-state index is -0.662. The third-order valence-electron chi connectivity index (χ3n) is 2.55. The molecular formula is C12H13ClN4O3. The summed E-state index contributed by atoms with van der Waals surface area (Å²) >= 11 is 5.69. The molecule has 2 rings (SSSR count). The third kappa shape index (κ3) is 3.24. The molecule has 1 heterocycles. The molecule has 0 amide bonds. The number of benzene rings is 1. The monoisotopic (exact) mass is 296 g/mol. The van der Waals surface area contributed by atoms with Crippen molar-refractivity contribution >= 4 is 17.6 Å². The zero-order valence-corrected chi connectivity index (χ0v) is 11.5. The number of phenolic OH excluding ortho intramolecular Hbond substituents is 1. The van der Waals surface area contributed by atoms with Crippen LogP contribution in [0.15, 0.2) is 18.2 Å². The molecule has 2 aromatic rings. The van der Waals surface area contributed by atoms with Crippen LogP contribution in [0.25, 0.3) is 0 Å². The van der Waals surface area contributed by atoms with Gasteiger partial charge in [-0.15, -0.1) is 5.10 Å². The van der Waals surface area contributed by atoms with Crippen LogP contribution in [-0.4, -0.2) is 31.3 Å². The molecule has 0 aliphatic heterocycles. The third-order valence-corrected chi connectivity index (χ3v) is 2.79. The molecule has 0 atom stereocenters. The molecule has 7 nitrogen and oxygen atoms in total. The van der Waals surface area contributed by atoms with Crippen molar-refractivity contribution in [2.45, 2.75) is 26.5 Å². The van der Waals surface area contributed by atoms with Gasteiger partial charge in [-0.25, -0.2) is 9.48 Å². The molecule has 0 fully saturated rings. The Bertz CT molecular complexity index is 614. The van der Waals surface area contributed by atoms with Crippen molar-refractivity contribution in [3.05, 3.63) is 34.6 Å². The van der Waals surface area contributed by atoms with E-state index in [1.165, 1.54) is 18.2 Å². The van der Waals surface area contributed by atoms with Gasteiger partial charge in [0.15, 0.2) is 12.4 Å². The molecule has 0 radical (unpaired) electrons. The Hall–Kier alpha value is -2.15. The van der Waals surface area contributed by atoms with E-state index in [0.717, 1.165) is 6.42 Å². The molecular weight excluding hydrogens is 284 g/mol. The van der Waals surface area contributed by atoms with Gasteiger partial charge < -0.3 is 9.84 Å². The fraction of sp³-hybridized carbons (Fsp3) is 0.333. The van der Waals surface area contributed by atoms with E-state index in [-0.39, 0.29) is 17.9 Å². The average Bonchev–Trinajstić information content (AvgIpc) is 2.84. The number of esters is 1. The maximum atomic E-state index is 11.8. The van der Waals surface area contributed by atoms with Gasteiger partial charge >= 0.3 is 5.97 Å². The normalized spacial score (nSPS) is 10.5. The first-order chi connectivity index (χ1) is 9.61. The van der Waals surface area contributed by atoms with Gasteiger partial charge in [0, 0.05) is 11.6 Å². The Balaban J connectivity index is 2.03. The van der Waals surface area contributed by atoms with E-state index in [9.17, 15) is 9.90 Å². The maximum Gasteiger partial charge on any atom is 0.342 e. The molecule has 1 aromatic carbocycles. The summed E-state index contributed by atoms with van der Waals surface area (Å²) in [5.74, 6) is -0.436. The number of carbonyl (C=O) groups is 1. The average molecular weight is 297 g/mol. The van der Waals surface area contributed by atoms with Gasteiger partial charge in [-0.3, -0.25) is 0 Å². The molecule has 0 saturated heterocycles. The van der Waals surface area contributed by atoms with Gasteiger partial charge in [-0.1, -0.05) is 18.5 Å². The second-order valence-electron chi connectivity index (χ2n) is 4.06. The minimum absolute atomic E-state index is 0.0453. The SMILES string of the molecule is CCCn1nnnc1COC(=O)c1ccc(Cl)cc1O. The second-order valence-corrected chi connectivity index (χ2v) is 4.49. The van der Waals surface area contributed by atoms with Crippen molar-refractivity contribution in [2.24, 2.45) is 0 Å². The first-order valence-electron chi connectivity index (χ1n) is 6.02. The second kappa shape index (κ2) is 6.33. The highest BCUT2D eigenvalue weighted by Gasteiger charge is 2.15. The molecule has 0 bridgehead atoms. The smallest absolute Gasteiger partial charge is 0.342 e. The predicted molar refractivity (Wildman–Crippen MR) is 70.3 cm³/mol. The van der Waals surface area contributed by atoms with E-state index in [0.29, 0.717) is 17.4 Å². The molecule has 106 valence electrons.